The van der Waals surface area contributed by atoms with Gasteiger partial charge in [-0.05, 0) is 37.5 Å². The van der Waals surface area contributed by atoms with Gasteiger partial charge in [0.05, 0.1) is 19.8 Å². The normalized spacial score (nSPS) is 15.7. The summed E-state index contributed by atoms with van der Waals surface area (Å²) in [4.78, 5) is 88.0. The Balaban J connectivity index is 5.70. The second-order valence-electron chi connectivity index (χ2n) is 12.1. The minimum atomic E-state index is -1.54. The van der Waals surface area contributed by atoms with Gasteiger partial charge in [-0.2, -0.15) is 0 Å². The molecule has 0 rings (SSSR count). The van der Waals surface area contributed by atoms with Crippen LogP contribution in [0.5, 0.6) is 0 Å². The molecule has 0 aromatic carbocycles. The maximum Gasteiger partial charge on any atom is 0.326 e. The summed E-state index contributed by atoms with van der Waals surface area (Å²) in [6, 6.07) is -7.67. The fourth-order valence-corrected chi connectivity index (χ4v) is 4.21. The molecule has 0 unspecified atom stereocenters. The van der Waals surface area contributed by atoms with Gasteiger partial charge in [0.1, 0.15) is 36.3 Å². The average Bonchev–Trinajstić information content (AvgIpc) is 2.98. The van der Waals surface area contributed by atoms with E-state index < -0.39 is 97.4 Å². The molecule has 7 atom stereocenters. The summed E-state index contributed by atoms with van der Waals surface area (Å²) in [6.45, 7) is 9.84. The van der Waals surface area contributed by atoms with Crippen LogP contribution in [0.25, 0.3) is 0 Å². The lowest BCUT2D eigenvalue weighted by Gasteiger charge is -2.27. The molecule has 264 valence electrons. The summed E-state index contributed by atoms with van der Waals surface area (Å²) in [5, 5.41) is 43.3. The number of nitrogens with two attached hydrogens (primary N) is 1. The number of aliphatic hydroxyl groups excluding tert-OH is 2. The Morgan fingerprint density at radius 3 is 1.35 bits per heavy atom. The third kappa shape index (κ3) is 15.0. The van der Waals surface area contributed by atoms with Gasteiger partial charge in [0.15, 0.2) is 0 Å². The van der Waals surface area contributed by atoms with Crippen LogP contribution in [0.3, 0.4) is 0 Å². The van der Waals surface area contributed by atoms with Crippen LogP contribution in [0.2, 0.25) is 0 Å². The molecule has 6 amide bonds. The van der Waals surface area contributed by atoms with E-state index in [4.69, 9.17) is 5.73 Å². The first-order valence-corrected chi connectivity index (χ1v) is 15.4. The van der Waals surface area contributed by atoms with Crippen molar-refractivity contribution < 1.29 is 48.9 Å². The Hall–Kier alpha value is -3.83. The minimum Gasteiger partial charge on any atom is -0.480 e. The molecule has 0 radical (unpaired) electrons. The van der Waals surface area contributed by atoms with Gasteiger partial charge in [-0.25, -0.2) is 4.79 Å². The van der Waals surface area contributed by atoms with Gasteiger partial charge >= 0.3 is 5.97 Å². The molecule has 0 aliphatic rings. The summed E-state index contributed by atoms with van der Waals surface area (Å²) in [6.07, 6.45) is 0.702. The Morgan fingerprint density at radius 1 is 0.587 bits per heavy atom. The fraction of sp³-hybridized carbons (Fsp3) is 0.759. The number of hydrogen-bond acceptors (Lipinski definition) is 10. The molecule has 0 aliphatic heterocycles. The first-order valence-electron chi connectivity index (χ1n) is 15.4. The average molecular weight is 660 g/mol. The monoisotopic (exact) mass is 659 g/mol. The summed E-state index contributed by atoms with van der Waals surface area (Å²) < 4.78 is 0. The lowest BCUT2D eigenvalue weighted by Crippen LogP contribution is -2.60. The summed E-state index contributed by atoms with van der Waals surface area (Å²) in [5.41, 5.74) is 5.23. The van der Waals surface area contributed by atoms with E-state index in [0.717, 1.165) is 0 Å². The van der Waals surface area contributed by atoms with Crippen molar-refractivity contribution in [1.29, 1.82) is 0 Å². The molecule has 0 aromatic heterocycles. The third-order valence-electron chi connectivity index (χ3n) is 7.04. The van der Waals surface area contributed by atoms with Crippen molar-refractivity contribution in [1.82, 2.24) is 31.9 Å². The Labute approximate surface area is 269 Å². The highest BCUT2D eigenvalue weighted by Gasteiger charge is 2.33. The van der Waals surface area contributed by atoms with Gasteiger partial charge in [0, 0.05) is 0 Å². The number of aliphatic hydroxyl groups is 2. The predicted octanol–water partition coefficient (Wildman–Crippen LogP) is -2.92. The van der Waals surface area contributed by atoms with E-state index >= 15 is 0 Å². The topological polar surface area (TPSA) is 278 Å². The lowest BCUT2D eigenvalue weighted by atomic mass is 9.99. The van der Waals surface area contributed by atoms with Crippen LogP contribution in [0.1, 0.15) is 67.7 Å². The third-order valence-corrected chi connectivity index (χ3v) is 7.04. The molecule has 17 nitrogen and oxygen atoms in total. The molecule has 46 heavy (non-hydrogen) atoms. The molecular weight excluding hydrogens is 606 g/mol. The quantitative estimate of drug-likeness (QED) is 0.0596. The summed E-state index contributed by atoms with van der Waals surface area (Å²) in [5.74, 6) is -6.66. The first-order chi connectivity index (χ1) is 21.4. The number of nitrogens with one attached hydrogen (secondary N) is 6. The van der Waals surface area contributed by atoms with Crippen LogP contribution < -0.4 is 37.6 Å². The highest BCUT2D eigenvalue weighted by molar-refractivity contribution is 5.96. The van der Waals surface area contributed by atoms with Crippen LogP contribution in [0.4, 0.5) is 0 Å². The SMILES string of the molecule is CC[C@H](C)[C@H](NC(=O)[C@H](C)NC(=O)[C@H](CC(C)C)NC(=O)[C@H](CO)NC(=O)[C@H](CC(C)C)NC(=O)[C@H](CO)NC(=O)CN)C(=O)O. The number of carbonyl (C=O) groups excluding carboxylic acids is 6. The van der Waals surface area contributed by atoms with Gasteiger partial charge in [-0.3, -0.25) is 28.8 Å². The second kappa shape index (κ2) is 21.1. The van der Waals surface area contributed by atoms with E-state index in [2.05, 4.69) is 31.9 Å². The predicted molar refractivity (Wildman–Crippen MR) is 166 cm³/mol. The molecule has 0 bridgehead atoms. The first kappa shape index (κ1) is 42.2. The summed E-state index contributed by atoms with van der Waals surface area (Å²) in [7, 11) is 0. The molecule has 0 aromatic rings. The van der Waals surface area contributed by atoms with Crippen molar-refractivity contribution >= 4 is 41.4 Å². The van der Waals surface area contributed by atoms with Crippen LogP contribution in [0.15, 0.2) is 0 Å². The zero-order valence-electron chi connectivity index (χ0n) is 27.7. The van der Waals surface area contributed by atoms with Gasteiger partial charge in [0.25, 0.3) is 0 Å². The molecule has 0 heterocycles. The maximum absolute atomic E-state index is 13.1. The highest BCUT2D eigenvalue weighted by Crippen LogP contribution is 2.10. The van der Waals surface area contributed by atoms with Crippen molar-refractivity contribution in [2.45, 2.75) is 104 Å². The van der Waals surface area contributed by atoms with Gasteiger partial charge in [-0.1, -0.05) is 48.0 Å². The number of hydrogen-bond donors (Lipinski definition) is 10. The number of aliphatic carboxylic acids is 1. The molecule has 0 aliphatic carbocycles. The van der Waals surface area contributed by atoms with E-state index in [9.17, 15) is 48.9 Å². The van der Waals surface area contributed by atoms with Crippen molar-refractivity contribution in [2.75, 3.05) is 19.8 Å². The Morgan fingerprint density at radius 2 is 0.978 bits per heavy atom. The van der Waals surface area contributed by atoms with E-state index in [-0.39, 0.29) is 30.6 Å². The number of amides is 6. The molecule has 0 spiro atoms. The second-order valence-corrected chi connectivity index (χ2v) is 12.1. The minimum absolute atomic E-state index is 0.0957. The molecule has 0 fully saturated rings. The molecule has 0 saturated heterocycles. The number of carbonyl (C=O) groups is 7. The van der Waals surface area contributed by atoms with E-state index in [0.29, 0.717) is 6.42 Å². The van der Waals surface area contributed by atoms with Crippen LogP contribution >= 0.6 is 0 Å². The van der Waals surface area contributed by atoms with Crippen LogP contribution in [-0.2, 0) is 33.6 Å². The zero-order chi connectivity index (χ0) is 35.7. The number of carboxylic acid groups (broad SMARTS) is 1. The highest BCUT2D eigenvalue weighted by atomic mass is 16.4. The molecule has 17 heteroatoms. The standard InChI is InChI=1S/C29H53N7O10/c1-8-16(6)23(29(45)46)36-24(40)17(7)31-25(41)18(9-14(2)3)33-28(44)21(13-38)35-26(42)19(10-15(4)5)34-27(43)20(12-37)32-22(39)11-30/h14-21,23,37-38H,8-13,30H2,1-7H3,(H,31,41)(H,32,39)(H,33,44)(H,34,43)(H,35,42)(H,36,40)(H,45,46)/t16-,17-,18-,19-,20-,21-,23-/m0/s1. The molecular formula is C29H53N7O10. The van der Waals surface area contributed by atoms with Gasteiger partial charge < -0.3 is 53.0 Å². The summed E-state index contributed by atoms with van der Waals surface area (Å²) >= 11 is 0. The number of carboxylic acids is 1. The Kier molecular flexibility index (Phi) is 19.3. The van der Waals surface area contributed by atoms with Crippen molar-refractivity contribution in [3.05, 3.63) is 0 Å². The van der Waals surface area contributed by atoms with E-state index in [1.165, 1.54) is 6.92 Å². The van der Waals surface area contributed by atoms with Gasteiger partial charge in [0.2, 0.25) is 35.4 Å². The smallest absolute Gasteiger partial charge is 0.326 e. The van der Waals surface area contributed by atoms with Crippen LogP contribution in [-0.4, -0.2) is 113 Å². The zero-order valence-corrected chi connectivity index (χ0v) is 27.7. The maximum atomic E-state index is 13.1. The van der Waals surface area contributed by atoms with Gasteiger partial charge in [-0.15, -0.1) is 0 Å². The van der Waals surface area contributed by atoms with Crippen molar-refractivity contribution in [3.8, 4) is 0 Å². The van der Waals surface area contributed by atoms with E-state index in [1.807, 2.05) is 0 Å². The molecule has 11 N–H and O–H groups in total. The van der Waals surface area contributed by atoms with Crippen LogP contribution in [0, 0.1) is 17.8 Å². The van der Waals surface area contributed by atoms with E-state index in [1.54, 1.807) is 41.5 Å². The largest absolute Gasteiger partial charge is 0.480 e. The Bertz CT molecular complexity index is 1060. The number of rotatable bonds is 21. The van der Waals surface area contributed by atoms with Crippen molar-refractivity contribution in [3.63, 3.8) is 0 Å². The van der Waals surface area contributed by atoms with Crippen molar-refractivity contribution in [2.24, 2.45) is 23.5 Å². The molecule has 0 saturated carbocycles. The lowest BCUT2D eigenvalue weighted by molar-refractivity contribution is -0.143. The fourth-order valence-electron chi connectivity index (χ4n) is 4.21.